The number of ether oxygens (including phenoxy) is 1. The number of pyridine rings is 1. The molecule has 2 N–H and O–H groups in total. The van der Waals surface area contributed by atoms with Crippen molar-refractivity contribution in [2.75, 3.05) is 11.6 Å². The summed E-state index contributed by atoms with van der Waals surface area (Å²) in [6.45, 7) is 0. The molecule has 0 radical (unpaired) electrons. The molecule has 2 aromatic carbocycles. The number of rotatable bonds is 6. The lowest BCUT2D eigenvalue weighted by Gasteiger charge is -2.12. The van der Waals surface area contributed by atoms with E-state index in [2.05, 4.69) is 15.6 Å². The third kappa shape index (κ3) is 5.85. The van der Waals surface area contributed by atoms with Crippen molar-refractivity contribution in [3.63, 3.8) is 0 Å². The molecular weight excluding hydrogens is 481 g/mol. The maximum atomic E-state index is 14.7. The highest BCUT2D eigenvalue weighted by Crippen LogP contribution is 2.37. The Morgan fingerprint density at radius 2 is 1.97 bits per heavy atom. The van der Waals surface area contributed by atoms with E-state index in [1.807, 2.05) is 30.3 Å². The first-order chi connectivity index (χ1) is 15.9. The molecule has 1 unspecified atom stereocenters. The van der Waals surface area contributed by atoms with Gasteiger partial charge >= 0.3 is 0 Å². The molecule has 33 heavy (non-hydrogen) atoms. The van der Waals surface area contributed by atoms with E-state index in [1.165, 1.54) is 23.5 Å². The van der Waals surface area contributed by atoms with Crippen LogP contribution in [0.15, 0.2) is 71.1 Å². The molecule has 1 amide bonds. The molecule has 4 aromatic rings. The van der Waals surface area contributed by atoms with Crippen LogP contribution < -0.4 is 15.4 Å². The van der Waals surface area contributed by atoms with Gasteiger partial charge in [0.15, 0.2) is 16.7 Å². The summed E-state index contributed by atoms with van der Waals surface area (Å²) in [4.78, 5) is 16.4. The highest BCUT2D eigenvalue weighted by Gasteiger charge is 2.16. The lowest BCUT2D eigenvalue weighted by molar-refractivity contribution is -0.119. The molecule has 0 bridgehead atoms. The normalized spacial score (nSPS) is 11.7. The summed E-state index contributed by atoms with van der Waals surface area (Å²) >= 11 is 5.31. The fourth-order valence-electron chi connectivity index (χ4n) is 3.01. The van der Waals surface area contributed by atoms with E-state index in [0.29, 0.717) is 25.9 Å². The number of nitrogens with one attached hydrogen (secondary N) is 2. The number of hydrogen-bond donors (Lipinski definition) is 2. The van der Waals surface area contributed by atoms with E-state index >= 15 is 0 Å². The molecule has 4 rings (SSSR count). The second-order valence-electron chi connectivity index (χ2n) is 6.95. The Kier molecular flexibility index (Phi) is 7.19. The Balaban J connectivity index is 1.41. The van der Waals surface area contributed by atoms with Crippen LogP contribution in [-0.4, -0.2) is 26.8 Å². The van der Waals surface area contributed by atoms with E-state index in [0.717, 1.165) is 5.56 Å². The number of carbonyl (C=O) groups is 1. The third-order valence-corrected chi connectivity index (χ3v) is 7.28. The number of carbonyl (C=O) groups excluding carboxylic acids is 1. The van der Waals surface area contributed by atoms with Gasteiger partial charge in [0.1, 0.15) is 16.7 Å². The maximum absolute atomic E-state index is 14.7. The lowest BCUT2D eigenvalue weighted by atomic mass is 10.1. The quantitative estimate of drug-likeness (QED) is 0.286. The van der Waals surface area contributed by atoms with Gasteiger partial charge in [-0.2, -0.15) is 0 Å². The van der Waals surface area contributed by atoms with Crippen molar-refractivity contribution in [3.05, 3.63) is 78.2 Å². The SMILES string of the molecule is C[S+]([O-])c1cc2nccc(Oc3ccc(NC(=S)NC(=O)Cc4ccccc4)cc3F)c2s1. The molecule has 0 saturated heterocycles. The molecule has 0 aliphatic heterocycles. The molecule has 0 fully saturated rings. The molecule has 2 aromatic heterocycles. The molecule has 10 heteroatoms. The molecule has 168 valence electrons. The number of halogens is 1. The summed E-state index contributed by atoms with van der Waals surface area (Å²) < 4.78 is 33.6. The minimum absolute atomic E-state index is 0.0136. The summed E-state index contributed by atoms with van der Waals surface area (Å²) in [5.41, 5.74) is 1.86. The van der Waals surface area contributed by atoms with Crippen LogP contribution in [0.4, 0.5) is 10.1 Å². The van der Waals surface area contributed by atoms with Crippen molar-refractivity contribution in [1.29, 1.82) is 0 Å². The van der Waals surface area contributed by atoms with Gasteiger partial charge in [0.2, 0.25) is 10.1 Å². The number of amides is 1. The van der Waals surface area contributed by atoms with Gasteiger partial charge in [0.25, 0.3) is 0 Å². The number of hydrogen-bond acceptors (Lipinski definition) is 6. The number of anilines is 1. The summed E-state index contributed by atoms with van der Waals surface area (Å²) in [5.74, 6) is -0.451. The first-order valence-electron chi connectivity index (χ1n) is 9.73. The Morgan fingerprint density at radius 1 is 1.18 bits per heavy atom. The highest BCUT2D eigenvalue weighted by atomic mass is 32.2. The van der Waals surface area contributed by atoms with Gasteiger partial charge in [-0.3, -0.25) is 9.78 Å². The maximum Gasteiger partial charge on any atom is 0.230 e. The zero-order valence-corrected chi connectivity index (χ0v) is 19.8. The molecule has 0 saturated carbocycles. The van der Waals surface area contributed by atoms with Crippen molar-refractivity contribution in [2.45, 2.75) is 10.6 Å². The van der Waals surface area contributed by atoms with Gasteiger partial charge in [-0.25, -0.2) is 4.39 Å². The van der Waals surface area contributed by atoms with E-state index in [4.69, 9.17) is 17.0 Å². The number of thiophene rings is 1. The molecule has 1 atom stereocenters. The number of fused-ring (bicyclic) bond motifs is 1. The van der Waals surface area contributed by atoms with Gasteiger partial charge in [-0.1, -0.05) is 41.7 Å². The van der Waals surface area contributed by atoms with Crippen molar-refractivity contribution in [2.24, 2.45) is 0 Å². The topological polar surface area (TPSA) is 86.3 Å². The van der Waals surface area contributed by atoms with Crippen molar-refractivity contribution < 1.29 is 18.5 Å². The van der Waals surface area contributed by atoms with Crippen LogP contribution in [0.1, 0.15) is 5.56 Å². The van der Waals surface area contributed by atoms with E-state index in [-0.39, 0.29) is 23.2 Å². The zero-order chi connectivity index (χ0) is 23.4. The van der Waals surface area contributed by atoms with Crippen LogP contribution in [0.3, 0.4) is 0 Å². The van der Waals surface area contributed by atoms with Crippen molar-refractivity contribution in [3.8, 4) is 11.5 Å². The lowest BCUT2D eigenvalue weighted by Crippen LogP contribution is -2.35. The van der Waals surface area contributed by atoms with Crippen LogP contribution in [0, 0.1) is 5.82 Å². The monoisotopic (exact) mass is 499 g/mol. The minimum atomic E-state index is -1.15. The number of nitrogens with zero attached hydrogens (tertiary/aromatic N) is 1. The van der Waals surface area contributed by atoms with Gasteiger partial charge in [-0.15, -0.1) is 0 Å². The molecule has 0 aliphatic carbocycles. The second-order valence-corrected chi connectivity index (χ2v) is 10.0. The van der Waals surface area contributed by atoms with Gasteiger partial charge < -0.3 is 19.9 Å². The van der Waals surface area contributed by atoms with E-state index in [9.17, 15) is 13.7 Å². The smallest absolute Gasteiger partial charge is 0.230 e. The largest absolute Gasteiger partial charge is 0.611 e. The average molecular weight is 500 g/mol. The summed E-state index contributed by atoms with van der Waals surface area (Å²) in [7, 11) is 0. The molecule has 2 heterocycles. The average Bonchev–Trinajstić information content (AvgIpc) is 3.22. The predicted octanol–water partition coefficient (Wildman–Crippen LogP) is 5.02. The second kappa shape index (κ2) is 10.3. The third-order valence-electron chi connectivity index (χ3n) is 4.51. The molecule has 0 aliphatic rings. The highest BCUT2D eigenvalue weighted by molar-refractivity contribution is 7.92. The Hall–Kier alpha value is -3.05. The fourth-order valence-corrected chi connectivity index (χ4v) is 5.04. The Labute approximate surface area is 202 Å². The van der Waals surface area contributed by atoms with E-state index < -0.39 is 17.0 Å². The van der Waals surface area contributed by atoms with Crippen LogP contribution in [0.25, 0.3) is 10.2 Å². The molecule has 6 nitrogen and oxygen atoms in total. The van der Waals surface area contributed by atoms with Gasteiger partial charge in [0.05, 0.1) is 11.9 Å². The van der Waals surface area contributed by atoms with Crippen LogP contribution in [0.5, 0.6) is 11.5 Å². The first kappa shape index (κ1) is 23.1. The summed E-state index contributed by atoms with van der Waals surface area (Å²) in [6.07, 6.45) is 3.32. The summed E-state index contributed by atoms with van der Waals surface area (Å²) in [5, 5.41) is 5.45. The van der Waals surface area contributed by atoms with Crippen LogP contribution in [-0.2, 0) is 22.4 Å². The van der Waals surface area contributed by atoms with Crippen LogP contribution >= 0.6 is 23.6 Å². The van der Waals surface area contributed by atoms with Crippen molar-refractivity contribution >= 4 is 61.7 Å². The summed E-state index contributed by atoms with van der Waals surface area (Å²) in [6, 6.07) is 16.9. The molecule has 0 spiro atoms. The standard InChI is InChI=1S/C23H18FN3O3S3/c1-33(29)21-13-17-22(32-21)19(9-10-25-17)30-18-8-7-15(12-16(18)24)26-23(31)27-20(28)11-14-5-3-2-4-6-14/h2-10,12-13H,11H2,1H3,(H2,26,27,28,31). The molecular formula is C23H18FN3O3S3. The van der Waals surface area contributed by atoms with E-state index in [1.54, 1.807) is 30.7 Å². The predicted molar refractivity (Wildman–Crippen MR) is 133 cm³/mol. The van der Waals surface area contributed by atoms with Crippen LogP contribution in [0.2, 0.25) is 0 Å². The van der Waals surface area contributed by atoms with Crippen molar-refractivity contribution in [1.82, 2.24) is 10.3 Å². The number of benzene rings is 2. The number of thiocarbonyl (C=S) groups is 1. The minimum Gasteiger partial charge on any atom is -0.611 e. The zero-order valence-electron chi connectivity index (χ0n) is 17.3. The Morgan fingerprint density at radius 3 is 2.70 bits per heavy atom. The Bertz CT molecular complexity index is 1310. The van der Waals surface area contributed by atoms with Gasteiger partial charge in [-0.05, 0) is 41.1 Å². The fraction of sp³-hybridized carbons (Fsp3) is 0.0870. The first-order valence-corrected chi connectivity index (χ1v) is 12.5. The number of aromatic nitrogens is 1. The van der Waals surface area contributed by atoms with Gasteiger partial charge in [0, 0.05) is 30.1 Å².